The summed E-state index contributed by atoms with van der Waals surface area (Å²) in [6.45, 7) is 4.83. The zero-order valence-corrected chi connectivity index (χ0v) is 14.9. The summed E-state index contributed by atoms with van der Waals surface area (Å²) in [5.74, 6) is 0.388. The first-order valence-electron chi connectivity index (χ1n) is 8.35. The lowest BCUT2D eigenvalue weighted by Crippen LogP contribution is -2.42. The van der Waals surface area contributed by atoms with Gasteiger partial charge in [-0.1, -0.05) is 32.0 Å². The maximum Gasteiger partial charge on any atom is 0.212 e. The molecule has 1 saturated heterocycles. The van der Waals surface area contributed by atoms with Crippen LogP contribution in [0.25, 0.3) is 10.9 Å². The van der Waals surface area contributed by atoms with Crippen LogP contribution in [0, 0.1) is 11.8 Å². The van der Waals surface area contributed by atoms with Crippen LogP contribution in [0.5, 0.6) is 0 Å². The number of hydrogen-bond acceptors (Lipinski definition) is 4. The highest BCUT2D eigenvalue weighted by Crippen LogP contribution is 2.24. The zero-order valence-electron chi connectivity index (χ0n) is 14.1. The molecule has 0 aliphatic carbocycles. The fourth-order valence-corrected chi connectivity index (χ4v) is 4.96. The molecule has 24 heavy (non-hydrogen) atoms. The molecule has 0 amide bonds. The number of benzene rings is 1. The number of pyridine rings is 1. The van der Waals surface area contributed by atoms with Crippen molar-refractivity contribution in [2.24, 2.45) is 11.8 Å². The Bertz CT molecular complexity index is 800. The number of ether oxygens (including phenoxy) is 1. The van der Waals surface area contributed by atoms with E-state index < -0.39 is 10.0 Å². The van der Waals surface area contributed by atoms with Crippen LogP contribution in [0.4, 0.5) is 0 Å². The minimum absolute atomic E-state index is 0.104. The van der Waals surface area contributed by atoms with Crippen LogP contribution in [0.1, 0.15) is 19.4 Å². The summed E-state index contributed by atoms with van der Waals surface area (Å²) < 4.78 is 32.9. The molecule has 3 rings (SSSR count). The molecule has 1 aromatic carbocycles. The molecular formula is C18H24N2O3S. The van der Waals surface area contributed by atoms with Crippen molar-refractivity contribution in [3.63, 3.8) is 0 Å². The van der Waals surface area contributed by atoms with Crippen LogP contribution in [0.3, 0.4) is 0 Å². The van der Waals surface area contributed by atoms with E-state index in [1.165, 1.54) is 5.56 Å². The number of aromatic nitrogens is 1. The summed E-state index contributed by atoms with van der Waals surface area (Å²) in [4.78, 5) is 4.38. The van der Waals surface area contributed by atoms with Crippen LogP contribution in [0.2, 0.25) is 0 Å². The van der Waals surface area contributed by atoms with E-state index in [9.17, 15) is 8.42 Å². The third-order valence-corrected chi connectivity index (χ3v) is 6.07. The molecule has 130 valence electrons. The van der Waals surface area contributed by atoms with Crippen LogP contribution in [-0.2, 0) is 21.2 Å². The number of nitrogens with zero attached hydrogens (tertiary/aromatic N) is 1. The average molecular weight is 348 g/mol. The molecule has 0 unspecified atom stereocenters. The van der Waals surface area contributed by atoms with Crippen molar-refractivity contribution >= 4 is 20.9 Å². The van der Waals surface area contributed by atoms with Gasteiger partial charge in [0.25, 0.3) is 0 Å². The van der Waals surface area contributed by atoms with Crippen molar-refractivity contribution in [1.82, 2.24) is 9.71 Å². The van der Waals surface area contributed by atoms with Crippen molar-refractivity contribution in [3.8, 4) is 0 Å². The Morgan fingerprint density at radius 1 is 1.25 bits per heavy atom. The van der Waals surface area contributed by atoms with Crippen LogP contribution < -0.4 is 4.72 Å². The Kier molecular flexibility index (Phi) is 5.18. The topological polar surface area (TPSA) is 68.3 Å². The first-order chi connectivity index (χ1) is 11.4. The summed E-state index contributed by atoms with van der Waals surface area (Å²) in [7, 11) is -3.27. The summed E-state index contributed by atoms with van der Waals surface area (Å²) in [5, 5.41) is 1.12. The normalized spacial score (nSPS) is 21.6. The maximum atomic E-state index is 12.2. The standard InChI is InChI=1S/C18H24N2O3S/c1-13(2)12-24(21,22)20-18-11-23-10-15(18)9-14-7-8-19-17-6-4-3-5-16(14)17/h3-8,13,15,18,20H,9-12H2,1-2H3/t15-,18-/m1/s1. The van der Waals surface area contributed by atoms with Gasteiger partial charge in [0.15, 0.2) is 0 Å². The first kappa shape index (κ1) is 17.3. The summed E-state index contributed by atoms with van der Waals surface area (Å²) in [6, 6.07) is 9.88. The predicted molar refractivity (Wildman–Crippen MR) is 95.3 cm³/mol. The van der Waals surface area contributed by atoms with Crippen LogP contribution in [-0.4, -0.2) is 38.4 Å². The van der Waals surface area contributed by atoms with E-state index in [-0.39, 0.29) is 23.6 Å². The molecule has 2 heterocycles. The minimum Gasteiger partial charge on any atom is -0.379 e. The Balaban J connectivity index is 1.76. The second kappa shape index (κ2) is 7.17. The molecule has 0 radical (unpaired) electrons. The molecule has 1 N–H and O–H groups in total. The second-order valence-corrected chi connectivity index (χ2v) is 8.69. The van der Waals surface area contributed by atoms with Gasteiger partial charge in [0.1, 0.15) is 0 Å². The molecule has 1 aliphatic rings. The van der Waals surface area contributed by atoms with E-state index in [4.69, 9.17) is 4.74 Å². The largest absolute Gasteiger partial charge is 0.379 e. The predicted octanol–water partition coefficient (Wildman–Crippen LogP) is 2.37. The number of hydrogen-bond donors (Lipinski definition) is 1. The highest BCUT2D eigenvalue weighted by molar-refractivity contribution is 7.89. The molecule has 5 nitrogen and oxygen atoms in total. The zero-order chi connectivity index (χ0) is 17.2. The van der Waals surface area contributed by atoms with Crippen molar-refractivity contribution in [2.75, 3.05) is 19.0 Å². The SMILES string of the molecule is CC(C)CS(=O)(=O)N[C@@H]1COC[C@H]1Cc1ccnc2ccccc12. The number of fused-ring (bicyclic) bond motifs is 1. The van der Waals surface area contributed by atoms with E-state index in [0.29, 0.717) is 13.2 Å². The van der Waals surface area contributed by atoms with E-state index in [1.807, 2.05) is 44.3 Å². The van der Waals surface area contributed by atoms with Gasteiger partial charge in [0.2, 0.25) is 10.0 Å². The summed E-state index contributed by atoms with van der Waals surface area (Å²) >= 11 is 0. The molecular weight excluding hydrogens is 324 g/mol. The fraction of sp³-hybridized carbons (Fsp3) is 0.500. The first-order valence-corrected chi connectivity index (χ1v) is 10.0. The average Bonchev–Trinajstić information content (AvgIpc) is 2.92. The van der Waals surface area contributed by atoms with Gasteiger partial charge in [0.05, 0.1) is 30.5 Å². The van der Waals surface area contributed by atoms with E-state index >= 15 is 0 Å². The number of para-hydroxylation sites is 1. The Labute approximate surface area is 143 Å². The Hall–Kier alpha value is -1.50. The van der Waals surface area contributed by atoms with E-state index in [1.54, 1.807) is 0 Å². The molecule has 1 aliphatic heterocycles. The maximum absolute atomic E-state index is 12.2. The van der Waals surface area contributed by atoms with Gasteiger partial charge in [0, 0.05) is 17.5 Å². The smallest absolute Gasteiger partial charge is 0.212 e. The Morgan fingerprint density at radius 2 is 2.04 bits per heavy atom. The number of sulfonamides is 1. The third-order valence-electron chi connectivity index (χ3n) is 4.30. The molecule has 2 aromatic rings. The number of nitrogens with one attached hydrogen (secondary N) is 1. The molecule has 1 aromatic heterocycles. The van der Waals surface area contributed by atoms with Crippen molar-refractivity contribution in [1.29, 1.82) is 0 Å². The highest BCUT2D eigenvalue weighted by Gasteiger charge is 2.32. The molecule has 0 bridgehead atoms. The fourth-order valence-electron chi connectivity index (χ4n) is 3.26. The minimum atomic E-state index is -3.27. The van der Waals surface area contributed by atoms with Gasteiger partial charge < -0.3 is 4.74 Å². The molecule has 2 atom stereocenters. The van der Waals surface area contributed by atoms with E-state index in [0.717, 1.165) is 17.3 Å². The van der Waals surface area contributed by atoms with Gasteiger partial charge in [-0.05, 0) is 30.0 Å². The number of rotatable bonds is 6. The van der Waals surface area contributed by atoms with Gasteiger partial charge in [-0.3, -0.25) is 4.98 Å². The summed E-state index contributed by atoms with van der Waals surface area (Å²) in [5.41, 5.74) is 2.15. The van der Waals surface area contributed by atoms with Crippen molar-refractivity contribution < 1.29 is 13.2 Å². The van der Waals surface area contributed by atoms with Crippen molar-refractivity contribution in [2.45, 2.75) is 26.3 Å². The second-order valence-electron chi connectivity index (χ2n) is 6.89. The quantitative estimate of drug-likeness (QED) is 0.870. The van der Waals surface area contributed by atoms with Crippen LogP contribution >= 0.6 is 0 Å². The lowest BCUT2D eigenvalue weighted by molar-refractivity contribution is 0.183. The van der Waals surface area contributed by atoms with Gasteiger partial charge in [-0.15, -0.1) is 0 Å². The summed E-state index contributed by atoms with van der Waals surface area (Å²) in [6.07, 6.45) is 2.59. The highest BCUT2D eigenvalue weighted by atomic mass is 32.2. The lowest BCUT2D eigenvalue weighted by atomic mass is 9.93. The Morgan fingerprint density at radius 3 is 2.83 bits per heavy atom. The molecule has 1 fully saturated rings. The van der Waals surface area contributed by atoms with Crippen LogP contribution in [0.15, 0.2) is 36.5 Å². The van der Waals surface area contributed by atoms with Gasteiger partial charge in [-0.2, -0.15) is 0 Å². The third kappa shape index (κ3) is 4.12. The molecule has 0 saturated carbocycles. The molecule has 0 spiro atoms. The monoisotopic (exact) mass is 348 g/mol. The van der Waals surface area contributed by atoms with Gasteiger partial charge in [-0.25, -0.2) is 13.1 Å². The van der Waals surface area contributed by atoms with E-state index in [2.05, 4.69) is 15.8 Å². The lowest BCUT2D eigenvalue weighted by Gasteiger charge is -2.20. The van der Waals surface area contributed by atoms with Gasteiger partial charge >= 0.3 is 0 Å². The van der Waals surface area contributed by atoms with Crippen molar-refractivity contribution in [3.05, 3.63) is 42.1 Å². The molecule has 6 heteroatoms.